The van der Waals surface area contributed by atoms with Crippen molar-refractivity contribution >= 4 is 51.8 Å². The fourth-order valence-corrected chi connectivity index (χ4v) is 2.98. The van der Waals surface area contributed by atoms with E-state index < -0.39 is 0 Å². The van der Waals surface area contributed by atoms with E-state index in [9.17, 15) is 4.79 Å². The minimum atomic E-state index is -0.249. The summed E-state index contributed by atoms with van der Waals surface area (Å²) in [4.78, 5) is 11.8. The SMILES string of the molecule is C=CCSc1nnc(NC(=O)/C=C/c2ccc(Cl)cc2)s1. The molecule has 7 heteroatoms. The third-order valence-corrected chi connectivity index (χ3v) is 4.48. The highest BCUT2D eigenvalue weighted by molar-refractivity contribution is 8.01. The van der Waals surface area contributed by atoms with Crippen LogP contribution in [0.4, 0.5) is 5.13 Å². The van der Waals surface area contributed by atoms with E-state index in [1.165, 1.54) is 29.2 Å². The molecule has 108 valence electrons. The second-order valence-electron chi connectivity index (χ2n) is 3.85. The van der Waals surface area contributed by atoms with Gasteiger partial charge in [0.25, 0.3) is 0 Å². The van der Waals surface area contributed by atoms with Crippen LogP contribution in [0.1, 0.15) is 5.56 Å². The molecule has 0 spiro atoms. The van der Waals surface area contributed by atoms with Crippen LogP contribution in [0.3, 0.4) is 0 Å². The molecule has 0 aliphatic rings. The van der Waals surface area contributed by atoms with E-state index >= 15 is 0 Å². The Morgan fingerprint density at radius 3 is 2.86 bits per heavy atom. The van der Waals surface area contributed by atoms with E-state index in [4.69, 9.17) is 11.6 Å². The Labute approximate surface area is 135 Å². The molecule has 1 amide bonds. The zero-order valence-corrected chi connectivity index (χ0v) is 13.3. The summed E-state index contributed by atoms with van der Waals surface area (Å²) in [5.74, 6) is 0.514. The van der Waals surface area contributed by atoms with Gasteiger partial charge < -0.3 is 0 Å². The monoisotopic (exact) mass is 337 g/mol. The Morgan fingerprint density at radius 2 is 2.14 bits per heavy atom. The van der Waals surface area contributed by atoms with Crippen LogP contribution in [0.15, 0.2) is 47.3 Å². The van der Waals surface area contributed by atoms with E-state index in [-0.39, 0.29) is 5.91 Å². The first kappa shape index (κ1) is 15.8. The molecule has 0 saturated heterocycles. The molecule has 1 heterocycles. The zero-order valence-electron chi connectivity index (χ0n) is 11.0. The summed E-state index contributed by atoms with van der Waals surface area (Å²) in [5.41, 5.74) is 0.897. The highest BCUT2D eigenvalue weighted by Gasteiger charge is 2.05. The minimum absolute atomic E-state index is 0.249. The quantitative estimate of drug-likeness (QED) is 0.373. The molecule has 21 heavy (non-hydrogen) atoms. The van der Waals surface area contributed by atoms with Gasteiger partial charge in [-0.15, -0.1) is 16.8 Å². The predicted octanol–water partition coefficient (Wildman–Crippen LogP) is 4.12. The van der Waals surface area contributed by atoms with Crippen LogP contribution in [0.25, 0.3) is 6.08 Å². The number of anilines is 1. The molecule has 0 unspecified atom stereocenters. The van der Waals surface area contributed by atoms with Crippen molar-refractivity contribution in [3.8, 4) is 0 Å². The summed E-state index contributed by atoms with van der Waals surface area (Å²) in [7, 11) is 0. The molecule has 0 bridgehead atoms. The molecule has 2 rings (SSSR count). The van der Waals surface area contributed by atoms with Gasteiger partial charge in [-0.25, -0.2) is 0 Å². The number of nitrogens with one attached hydrogen (secondary N) is 1. The molecule has 0 fully saturated rings. The third kappa shape index (κ3) is 5.34. The van der Waals surface area contributed by atoms with Crippen molar-refractivity contribution in [1.29, 1.82) is 0 Å². The Morgan fingerprint density at radius 1 is 1.38 bits per heavy atom. The van der Waals surface area contributed by atoms with Crippen molar-refractivity contribution in [2.75, 3.05) is 11.1 Å². The van der Waals surface area contributed by atoms with E-state index in [0.717, 1.165) is 15.7 Å². The Bertz CT molecular complexity index is 652. The summed E-state index contributed by atoms with van der Waals surface area (Å²) < 4.78 is 0.798. The molecule has 2 aromatic rings. The van der Waals surface area contributed by atoms with E-state index in [2.05, 4.69) is 22.1 Å². The summed E-state index contributed by atoms with van der Waals surface area (Å²) in [6.07, 6.45) is 4.94. The Hall–Kier alpha value is -1.63. The summed E-state index contributed by atoms with van der Waals surface area (Å²) in [5, 5.41) is 11.7. The van der Waals surface area contributed by atoms with Crippen molar-refractivity contribution in [1.82, 2.24) is 10.2 Å². The highest BCUT2D eigenvalue weighted by Crippen LogP contribution is 2.25. The van der Waals surface area contributed by atoms with Gasteiger partial charge in [-0.2, -0.15) is 0 Å². The van der Waals surface area contributed by atoms with Crippen LogP contribution in [0.5, 0.6) is 0 Å². The van der Waals surface area contributed by atoms with Crippen LogP contribution in [-0.2, 0) is 4.79 Å². The second kappa shape index (κ2) is 7.97. The number of aromatic nitrogens is 2. The Kier molecular flexibility index (Phi) is 5.98. The first-order valence-corrected chi connectivity index (χ1v) is 8.17. The van der Waals surface area contributed by atoms with Crippen molar-refractivity contribution in [2.24, 2.45) is 0 Å². The lowest BCUT2D eigenvalue weighted by Crippen LogP contribution is -2.07. The van der Waals surface area contributed by atoms with Gasteiger partial charge in [0, 0.05) is 16.9 Å². The van der Waals surface area contributed by atoms with Gasteiger partial charge in [-0.1, -0.05) is 52.9 Å². The van der Waals surface area contributed by atoms with Gasteiger partial charge in [0.2, 0.25) is 11.0 Å². The van der Waals surface area contributed by atoms with Crippen molar-refractivity contribution in [3.05, 3.63) is 53.6 Å². The summed E-state index contributed by atoms with van der Waals surface area (Å²) >= 11 is 8.65. The first-order chi connectivity index (χ1) is 10.2. The van der Waals surface area contributed by atoms with Gasteiger partial charge in [-0.05, 0) is 23.8 Å². The van der Waals surface area contributed by atoms with E-state index in [1.54, 1.807) is 24.3 Å². The smallest absolute Gasteiger partial charge is 0.250 e. The molecular weight excluding hydrogens is 326 g/mol. The molecule has 0 aliphatic carbocycles. The molecule has 4 nitrogen and oxygen atoms in total. The van der Waals surface area contributed by atoms with Crippen LogP contribution < -0.4 is 5.32 Å². The maximum atomic E-state index is 11.8. The van der Waals surface area contributed by atoms with Crippen LogP contribution in [-0.4, -0.2) is 21.9 Å². The lowest BCUT2D eigenvalue weighted by Gasteiger charge is -1.95. The second-order valence-corrected chi connectivity index (χ2v) is 6.53. The summed E-state index contributed by atoms with van der Waals surface area (Å²) in [6.45, 7) is 3.64. The van der Waals surface area contributed by atoms with Crippen molar-refractivity contribution < 1.29 is 4.79 Å². The number of rotatable bonds is 6. The molecule has 0 atom stereocenters. The highest BCUT2D eigenvalue weighted by atomic mass is 35.5. The average molecular weight is 338 g/mol. The van der Waals surface area contributed by atoms with Gasteiger partial charge in [0.1, 0.15) is 0 Å². The van der Waals surface area contributed by atoms with Crippen LogP contribution >= 0.6 is 34.7 Å². The summed E-state index contributed by atoms with van der Waals surface area (Å²) in [6, 6.07) is 7.21. The van der Waals surface area contributed by atoms with Gasteiger partial charge in [0.15, 0.2) is 4.34 Å². The van der Waals surface area contributed by atoms with Crippen LogP contribution in [0.2, 0.25) is 5.02 Å². The topological polar surface area (TPSA) is 54.9 Å². The maximum absolute atomic E-state index is 11.8. The number of amides is 1. The fraction of sp³-hybridized carbons (Fsp3) is 0.0714. The normalized spacial score (nSPS) is 10.7. The van der Waals surface area contributed by atoms with Gasteiger partial charge in [-0.3, -0.25) is 10.1 Å². The van der Waals surface area contributed by atoms with E-state index in [1.807, 2.05) is 12.1 Å². The van der Waals surface area contributed by atoms with Crippen molar-refractivity contribution in [3.63, 3.8) is 0 Å². The van der Waals surface area contributed by atoms with Gasteiger partial charge in [0.05, 0.1) is 0 Å². The number of hydrogen-bond donors (Lipinski definition) is 1. The molecular formula is C14H12ClN3OS2. The molecule has 1 N–H and O–H groups in total. The third-order valence-electron chi connectivity index (χ3n) is 2.26. The number of halogens is 1. The molecule has 1 aromatic carbocycles. The van der Waals surface area contributed by atoms with Crippen LogP contribution in [0, 0.1) is 0 Å². The minimum Gasteiger partial charge on any atom is -0.297 e. The zero-order chi connectivity index (χ0) is 15.1. The van der Waals surface area contributed by atoms with Crippen molar-refractivity contribution in [2.45, 2.75) is 4.34 Å². The number of carbonyl (C=O) groups is 1. The van der Waals surface area contributed by atoms with E-state index in [0.29, 0.717) is 10.2 Å². The molecule has 1 aromatic heterocycles. The number of nitrogens with zero attached hydrogens (tertiary/aromatic N) is 2. The first-order valence-electron chi connectivity index (χ1n) is 5.99. The number of carbonyl (C=O) groups excluding carboxylic acids is 1. The van der Waals surface area contributed by atoms with Gasteiger partial charge >= 0.3 is 0 Å². The number of hydrogen-bond acceptors (Lipinski definition) is 5. The lowest BCUT2D eigenvalue weighted by molar-refractivity contribution is -0.111. The largest absolute Gasteiger partial charge is 0.297 e. The molecule has 0 saturated carbocycles. The Balaban J connectivity index is 1.90. The molecule has 0 aliphatic heterocycles. The standard InChI is InChI=1S/C14H12ClN3OS2/c1-2-9-20-14-18-17-13(21-14)16-12(19)8-5-10-3-6-11(15)7-4-10/h2-8H,1,9H2,(H,16,17,19)/b8-5+. The fourth-order valence-electron chi connectivity index (χ4n) is 1.34. The molecule has 0 radical (unpaired) electrons. The number of thioether (sulfide) groups is 1. The average Bonchev–Trinajstić information content (AvgIpc) is 2.92. The maximum Gasteiger partial charge on any atom is 0.250 e. The predicted molar refractivity (Wildman–Crippen MR) is 89.9 cm³/mol. The number of benzene rings is 1. The lowest BCUT2D eigenvalue weighted by atomic mass is 10.2.